The molecular formula is C25H25F4NO3. The average Bonchev–Trinajstić information content (AvgIpc) is 2.75. The molecule has 1 aliphatic heterocycles. The molecule has 0 saturated heterocycles. The van der Waals surface area contributed by atoms with Gasteiger partial charge < -0.3 is 9.64 Å². The van der Waals surface area contributed by atoms with Crippen LogP contribution in [0.15, 0.2) is 59.8 Å². The van der Waals surface area contributed by atoms with E-state index in [1.807, 2.05) is 13.8 Å². The van der Waals surface area contributed by atoms with Crippen molar-refractivity contribution in [2.24, 2.45) is 5.92 Å². The van der Waals surface area contributed by atoms with Gasteiger partial charge in [-0.3, -0.25) is 4.79 Å². The van der Waals surface area contributed by atoms with Crippen molar-refractivity contribution < 1.29 is 31.9 Å². The van der Waals surface area contributed by atoms with E-state index in [1.54, 1.807) is 19.1 Å². The quantitative estimate of drug-likeness (QED) is 0.400. The van der Waals surface area contributed by atoms with Crippen molar-refractivity contribution in [2.45, 2.75) is 45.8 Å². The number of alkyl halides is 3. The Morgan fingerprint density at radius 1 is 1.12 bits per heavy atom. The van der Waals surface area contributed by atoms with Crippen molar-refractivity contribution in [3.8, 4) is 0 Å². The maximum atomic E-state index is 14.2. The molecule has 8 heteroatoms. The highest BCUT2D eigenvalue weighted by molar-refractivity contribution is 5.95. The van der Waals surface area contributed by atoms with Crippen molar-refractivity contribution >= 4 is 11.9 Å². The lowest BCUT2D eigenvalue weighted by Crippen LogP contribution is -2.38. The summed E-state index contributed by atoms with van der Waals surface area (Å²) in [5.74, 6) is -2.18. The molecule has 0 aromatic heterocycles. The van der Waals surface area contributed by atoms with E-state index in [1.165, 1.54) is 29.2 Å². The molecule has 33 heavy (non-hydrogen) atoms. The molecule has 0 N–H and O–H groups in total. The fourth-order valence-electron chi connectivity index (χ4n) is 3.77. The van der Waals surface area contributed by atoms with E-state index < -0.39 is 29.4 Å². The molecule has 0 radical (unpaired) electrons. The third kappa shape index (κ3) is 5.61. The molecule has 4 nitrogen and oxygen atoms in total. The summed E-state index contributed by atoms with van der Waals surface area (Å²) in [6, 6.07) is 10.4. The Kier molecular flexibility index (Phi) is 7.25. The lowest BCUT2D eigenvalue weighted by atomic mass is 9.83. The Balaban J connectivity index is 2.02. The SMILES string of the molecule is CC1=C(C(=O)OCC(C)C)C(c2ccc(C(F)(F)F)cc2)CC(=O)N1Cc1ccccc1F. The van der Waals surface area contributed by atoms with Gasteiger partial charge in [0.1, 0.15) is 5.82 Å². The van der Waals surface area contributed by atoms with Gasteiger partial charge in [0.15, 0.2) is 0 Å². The van der Waals surface area contributed by atoms with Gasteiger partial charge in [0.2, 0.25) is 5.91 Å². The maximum Gasteiger partial charge on any atom is 0.416 e. The van der Waals surface area contributed by atoms with Crippen LogP contribution in [0.1, 0.15) is 49.8 Å². The number of carbonyl (C=O) groups excluding carboxylic acids is 2. The molecule has 1 aliphatic rings. The van der Waals surface area contributed by atoms with E-state index in [2.05, 4.69) is 0 Å². The molecule has 0 aliphatic carbocycles. The van der Waals surface area contributed by atoms with Crippen LogP contribution in [-0.4, -0.2) is 23.4 Å². The number of hydrogen-bond donors (Lipinski definition) is 0. The van der Waals surface area contributed by atoms with Gasteiger partial charge in [-0.05, 0) is 36.6 Å². The number of hydrogen-bond acceptors (Lipinski definition) is 3. The highest BCUT2D eigenvalue weighted by Gasteiger charge is 2.38. The number of carbonyl (C=O) groups is 2. The molecule has 0 bridgehead atoms. The highest BCUT2D eigenvalue weighted by atomic mass is 19.4. The second-order valence-corrected chi connectivity index (χ2v) is 8.44. The zero-order chi connectivity index (χ0) is 24.3. The first-order valence-electron chi connectivity index (χ1n) is 10.6. The van der Waals surface area contributed by atoms with Crippen LogP contribution in [-0.2, 0) is 27.0 Å². The van der Waals surface area contributed by atoms with Crippen LogP contribution in [0, 0.1) is 11.7 Å². The molecule has 176 valence electrons. The summed E-state index contributed by atoms with van der Waals surface area (Å²) in [5, 5.41) is 0. The summed E-state index contributed by atoms with van der Waals surface area (Å²) in [6.07, 6.45) is -4.65. The summed E-state index contributed by atoms with van der Waals surface area (Å²) in [5.41, 5.74) is 0.351. The predicted molar refractivity (Wildman–Crippen MR) is 114 cm³/mol. The van der Waals surface area contributed by atoms with Crippen molar-refractivity contribution in [2.75, 3.05) is 6.61 Å². The molecular weight excluding hydrogens is 438 g/mol. The monoisotopic (exact) mass is 463 g/mol. The normalized spacial score (nSPS) is 17.0. The van der Waals surface area contributed by atoms with Crippen LogP contribution in [0.2, 0.25) is 0 Å². The Morgan fingerprint density at radius 3 is 2.33 bits per heavy atom. The summed E-state index contributed by atoms with van der Waals surface area (Å²) >= 11 is 0. The van der Waals surface area contributed by atoms with Crippen molar-refractivity contribution in [3.63, 3.8) is 0 Å². The highest BCUT2D eigenvalue weighted by Crippen LogP contribution is 2.39. The lowest BCUT2D eigenvalue weighted by Gasteiger charge is -2.34. The zero-order valence-corrected chi connectivity index (χ0v) is 18.6. The van der Waals surface area contributed by atoms with Crippen molar-refractivity contribution in [1.29, 1.82) is 0 Å². The molecule has 1 atom stereocenters. The second kappa shape index (κ2) is 9.77. The predicted octanol–water partition coefficient (Wildman–Crippen LogP) is 5.83. The van der Waals surface area contributed by atoms with Gasteiger partial charge in [-0.25, -0.2) is 9.18 Å². The first-order valence-corrected chi connectivity index (χ1v) is 10.6. The molecule has 0 fully saturated rings. The van der Waals surface area contributed by atoms with E-state index in [4.69, 9.17) is 4.74 Å². The van der Waals surface area contributed by atoms with E-state index in [-0.39, 0.29) is 42.5 Å². The number of rotatable bonds is 6. The Labute approximate surface area is 189 Å². The third-order valence-electron chi connectivity index (χ3n) is 5.52. The largest absolute Gasteiger partial charge is 0.462 e. The molecule has 0 spiro atoms. The van der Waals surface area contributed by atoms with Crippen LogP contribution in [0.4, 0.5) is 17.6 Å². The van der Waals surface area contributed by atoms with Gasteiger partial charge in [0, 0.05) is 23.6 Å². The molecule has 0 saturated carbocycles. The summed E-state index contributed by atoms with van der Waals surface area (Å²) in [6.45, 7) is 5.39. The third-order valence-corrected chi connectivity index (χ3v) is 5.52. The number of allylic oxidation sites excluding steroid dienone is 1. The zero-order valence-electron chi connectivity index (χ0n) is 18.6. The first kappa shape index (κ1) is 24.5. The fraction of sp³-hybridized carbons (Fsp3) is 0.360. The number of halogens is 4. The molecule has 2 aromatic rings. The Hall–Kier alpha value is -3.16. The number of nitrogens with zero attached hydrogens (tertiary/aromatic N) is 1. The number of esters is 1. The average molecular weight is 463 g/mol. The van der Waals surface area contributed by atoms with E-state index in [9.17, 15) is 27.2 Å². The molecule has 1 unspecified atom stereocenters. The smallest absolute Gasteiger partial charge is 0.416 e. The Bertz CT molecular complexity index is 1060. The topological polar surface area (TPSA) is 46.6 Å². The maximum absolute atomic E-state index is 14.2. The minimum Gasteiger partial charge on any atom is -0.462 e. The van der Waals surface area contributed by atoms with Crippen LogP contribution in [0.5, 0.6) is 0 Å². The lowest BCUT2D eigenvalue weighted by molar-refractivity contribution is -0.141. The van der Waals surface area contributed by atoms with Crippen LogP contribution >= 0.6 is 0 Å². The summed E-state index contributed by atoms with van der Waals surface area (Å²) in [4.78, 5) is 27.3. The van der Waals surface area contributed by atoms with Gasteiger partial charge in [-0.15, -0.1) is 0 Å². The molecule has 2 aromatic carbocycles. The molecule has 1 amide bonds. The fourth-order valence-corrected chi connectivity index (χ4v) is 3.77. The number of benzene rings is 2. The van der Waals surface area contributed by atoms with E-state index in [0.717, 1.165) is 12.1 Å². The number of amides is 1. The van der Waals surface area contributed by atoms with Crippen LogP contribution in [0.25, 0.3) is 0 Å². The van der Waals surface area contributed by atoms with E-state index in [0.29, 0.717) is 11.3 Å². The minimum absolute atomic E-state index is 0.0686. The minimum atomic E-state index is -4.50. The van der Waals surface area contributed by atoms with E-state index >= 15 is 0 Å². The Morgan fingerprint density at radius 2 is 1.76 bits per heavy atom. The number of ether oxygens (including phenoxy) is 1. The summed E-state index contributed by atoms with van der Waals surface area (Å²) < 4.78 is 58.6. The van der Waals surface area contributed by atoms with Gasteiger partial charge in [-0.2, -0.15) is 13.2 Å². The van der Waals surface area contributed by atoms with Gasteiger partial charge in [-0.1, -0.05) is 44.2 Å². The summed E-state index contributed by atoms with van der Waals surface area (Å²) in [7, 11) is 0. The molecule has 3 rings (SSSR count). The molecule has 1 heterocycles. The van der Waals surface area contributed by atoms with Crippen molar-refractivity contribution in [3.05, 3.63) is 82.3 Å². The van der Waals surface area contributed by atoms with Crippen LogP contribution < -0.4 is 0 Å². The van der Waals surface area contributed by atoms with Gasteiger partial charge >= 0.3 is 12.1 Å². The van der Waals surface area contributed by atoms with Crippen molar-refractivity contribution in [1.82, 2.24) is 4.90 Å². The van der Waals surface area contributed by atoms with Gasteiger partial charge in [0.05, 0.1) is 24.3 Å². The second-order valence-electron chi connectivity index (χ2n) is 8.44. The standard InChI is InChI=1S/C25H25F4NO3/c1-15(2)14-33-24(32)23-16(3)30(13-18-6-4-5-7-21(18)26)22(31)12-20(23)17-8-10-19(11-9-17)25(27,28)29/h4-11,15,20H,12-14H2,1-3H3. The van der Waals surface area contributed by atoms with Gasteiger partial charge in [0.25, 0.3) is 0 Å². The first-order chi connectivity index (χ1) is 15.5. The van der Waals surface area contributed by atoms with Crippen LogP contribution in [0.3, 0.4) is 0 Å².